The fourth-order valence-electron chi connectivity index (χ4n) is 2.11. The number of likely N-dealkylation sites (N-methyl/N-ethyl adjacent to an activating group) is 2. The molecule has 0 spiro atoms. The largest absolute Gasteiger partial charge is 0.373 e. The molecule has 17 heavy (non-hydrogen) atoms. The summed E-state index contributed by atoms with van der Waals surface area (Å²) in [5.41, 5.74) is 2.62. The molecule has 96 valence electrons. The average molecular weight is 234 g/mol. The quantitative estimate of drug-likeness (QED) is 0.814. The highest BCUT2D eigenvalue weighted by Gasteiger charge is 2.15. The number of nitrogens with one attached hydrogen (secondary N) is 1. The second kappa shape index (κ2) is 6.65. The number of benzene rings is 1. The van der Waals surface area contributed by atoms with E-state index in [0.29, 0.717) is 12.0 Å². The monoisotopic (exact) mass is 234 g/mol. The topological polar surface area (TPSA) is 15.3 Å². The summed E-state index contributed by atoms with van der Waals surface area (Å²) in [6, 6.07) is 9.23. The zero-order valence-corrected chi connectivity index (χ0v) is 11.8. The molecule has 1 N–H and O–H groups in total. The van der Waals surface area contributed by atoms with Gasteiger partial charge >= 0.3 is 0 Å². The van der Waals surface area contributed by atoms with Gasteiger partial charge in [0.15, 0.2) is 0 Å². The maximum absolute atomic E-state index is 3.43. The van der Waals surface area contributed by atoms with Gasteiger partial charge in [-0.2, -0.15) is 0 Å². The van der Waals surface area contributed by atoms with Crippen molar-refractivity contribution < 1.29 is 0 Å². The summed E-state index contributed by atoms with van der Waals surface area (Å²) in [7, 11) is 4.22. The van der Waals surface area contributed by atoms with Crippen LogP contribution in [0.1, 0.15) is 25.8 Å². The Labute approximate surface area is 106 Å². The summed E-state index contributed by atoms with van der Waals surface area (Å²) in [5, 5.41) is 3.43. The molecule has 0 radical (unpaired) electrons. The fourth-order valence-corrected chi connectivity index (χ4v) is 2.11. The highest BCUT2D eigenvalue weighted by atomic mass is 15.1. The van der Waals surface area contributed by atoms with Crippen molar-refractivity contribution in [2.75, 3.05) is 25.5 Å². The molecule has 2 nitrogen and oxygen atoms in total. The Kier molecular flexibility index (Phi) is 5.49. The van der Waals surface area contributed by atoms with Crippen LogP contribution in [-0.4, -0.2) is 26.7 Å². The van der Waals surface area contributed by atoms with E-state index in [0.717, 1.165) is 6.54 Å². The number of hydrogen-bond donors (Lipinski definition) is 1. The van der Waals surface area contributed by atoms with Crippen molar-refractivity contribution in [3.8, 4) is 0 Å². The molecular weight excluding hydrogens is 208 g/mol. The molecule has 0 bridgehead atoms. The number of hydrogen-bond acceptors (Lipinski definition) is 2. The van der Waals surface area contributed by atoms with Gasteiger partial charge in [-0.05, 0) is 37.6 Å². The van der Waals surface area contributed by atoms with Crippen molar-refractivity contribution in [3.63, 3.8) is 0 Å². The molecule has 1 aromatic rings. The van der Waals surface area contributed by atoms with Gasteiger partial charge in [0.25, 0.3) is 0 Å². The van der Waals surface area contributed by atoms with Gasteiger partial charge in [-0.1, -0.05) is 32.4 Å². The number of anilines is 1. The Morgan fingerprint density at radius 3 is 2.59 bits per heavy atom. The molecule has 0 aromatic heterocycles. The van der Waals surface area contributed by atoms with E-state index in [2.05, 4.69) is 69.3 Å². The van der Waals surface area contributed by atoms with Crippen LogP contribution in [0.25, 0.3) is 0 Å². The fraction of sp³-hybridized carbons (Fsp3) is 0.600. The van der Waals surface area contributed by atoms with Gasteiger partial charge in [0, 0.05) is 25.3 Å². The SMILES string of the molecule is CCC(C)C(CN(C)c1cccc(C)c1)NC. The number of aryl methyl sites for hydroxylation is 1. The molecule has 0 saturated carbocycles. The lowest BCUT2D eigenvalue weighted by Crippen LogP contribution is -2.42. The van der Waals surface area contributed by atoms with Gasteiger partial charge in [0.1, 0.15) is 0 Å². The van der Waals surface area contributed by atoms with Crippen LogP contribution in [0.4, 0.5) is 5.69 Å². The minimum atomic E-state index is 0.547. The average Bonchev–Trinajstić information content (AvgIpc) is 2.34. The van der Waals surface area contributed by atoms with Crippen molar-refractivity contribution in [2.45, 2.75) is 33.2 Å². The highest BCUT2D eigenvalue weighted by Crippen LogP contribution is 2.16. The van der Waals surface area contributed by atoms with Crippen LogP contribution in [0.15, 0.2) is 24.3 Å². The molecule has 2 atom stereocenters. The Bertz CT molecular complexity index is 335. The molecule has 2 heteroatoms. The zero-order valence-electron chi connectivity index (χ0n) is 11.8. The van der Waals surface area contributed by atoms with Crippen molar-refractivity contribution in [1.82, 2.24) is 5.32 Å². The second-order valence-corrected chi connectivity index (χ2v) is 5.00. The van der Waals surface area contributed by atoms with Gasteiger partial charge < -0.3 is 10.2 Å². The molecule has 0 amide bonds. The van der Waals surface area contributed by atoms with E-state index in [1.54, 1.807) is 0 Å². The lowest BCUT2D eigenvalue weighted by atomic mass is 9.99. The molecule has 0 saturated heterocycles. The third-order valence-corrected chi connectivity index (χ3v) is 3.61. The smallest absolute Gasteiger partial charge is 0.0366 e. The third kappa shape index (κ3) is 4.04. The molecule has 0 aliphatic carbocycles. The van der Waals surface area contributed by atoms with Crippen molar-refractivity contribution >= 4 is 5.69 Å². The van der Waals surface area contributed by atoms with E-state index < -0.39 is 0 Å². The summed E-state index contributed by atoms with van der Waals surface area (Å²) in [5.74, 6) is 0.701. The van der Waals surface area contributed by atoms with E-state index in [-0.39, 0.29) is 0 Å². The van der Waals surface area contributed by atoms with Gasteiger partial charge in [-0.25, -0.2) is 0 Å². The number of nitrogens with zero attached hydrogens (tertiary/aromatic N) is 1. The van der Waals surface area contributed by atoms with Gasteiger partial charge in [-0.3, -0.25) is 0 Å². The minimum Gasteiger partial charge on any atom is -0.373 e. The number of rotatable bonds is 6. The Morgan fingerprint density at radius 2 is 2.06 bits per heavy atom. The summed E-state index contributed by atoms with van der Waals surface area (Å²) < 4.78 is 0. The van der Waals surface area contributed by atoms with Crippen molar-refractivity contribution in [3.05, 3.63) is 29.8 Å². The van der Waals surface area contributed by atoms with E-state index >= 15 is 0 Å². The van der Waals surface area contributed by atoms with E-state index in [1.807, 2.05) is 0 Å². The molecule has 0 aliphatic heterocycles. The summed E-state index contributed by atoms with van der Waals surface area (Å²) >= 11 is 0. The van der Waals surface area contributed by atoms with Crippen LogP contribution in [0.2, 0.25) is 0 Å². The van der Waals surface area contributed by atoms with Crippen LogP contribution in [-0.2, 0) is 0 Å². The molecule has 0 aliphatic rings. The van der Waals surface area contributed by atoms with Crippen molar-refractivity contribution in [1.29, 1.82) is 0 Å². The first kappa shape index (κ1) is 14.0. The third-order valence-electron chi connectivity index (χ3n) is 3.61. The standard InChI is InChI=1S/C15H26N2/c1-6-13(3)15(16-4)11-17(5)14-9-7-8-12(2)10-14/h7-10,13,15-16H,6,11H2,1-5H3. The van der Waals surface area contributed by atoms with E-state index in [4.69, 9.17) is 0 Å². The Balaban J connectivity index is 2.67. The predicted molar refractivity (Wildman–Crippen MR) is 76.8 cm³/mol. The maximum atomic E-state index is 3.43. The van der Waals surface area contributed by atoms with Crippen LogP contribution in [0, 0.1) is 12.8 Å². The van der Waals surface area contributed by atoms with Crippen LogP contribution < -0.4 is 10.2 Å². The van der Waals surface area contributed by atoms with Gasteiger partial charge in [0.2, 0.25) is 0 Å². The first-order valence-corrected chi connectivity index (χ1v) is 6.53. The summed E-state index contributed by atoms with van der Waals surface area (Å²) in [4.78, 5) is 2.33. The normalized spacial score (nSPS) is 14.4. The maximum Gasteiger partial charge on any atom is 0.0366 e. The Hall–Kier alpha value is -1.02. The second-order valence-electron chi connectivity index (χ2n) is 5.00. The van der Waals surface area contributed by atoms with Crippen LogP contribution in [0.3, 0.4) is 0 Å². The van der Waals surface area contributed by atoms with Gasteiger partial charge in [0.05, 0.1) is 0 Å². The Morgan fingerprint density at radius 1 is 1.35 bits per heavy atom. The highest BCUT2D eigenvalue weighted by molar-refractivity contribution is 5.47. The molecule has 0 fully saturated rings. The lowest BCUT2D eigenvalue weighted by molar-refractivity contribution is 0.391. The van der Waals surface area contributed by atoms with Crippen molar-refractivity contribution in [2.24, 2.45) is 5.92 Å². The van der Waals surface area contributed by atoms with E-state index in [1.165, 1.54) is 17.7 Å². The summed E-state index contributed by atoms with van der Waals surface area (Å²) in [6.07, 6.45) is 1.22. The molecule has 2 unspecified atom stereocenters. The zero-order chi connectivity index (χ0) is 12.8. The summed E-state index contributed by atoms with van der Waals surface area (Å²) in [6.45, 7) is 7.75. The van der Waals surface area contributed by atoms with Gasteiger partial charge in [-0.15, -0.1) is 0 Å². The molecule has 1 aromatic carbocycles. The van der Waals surface area contributed by atoms with Crippen LogP contribution in [0.5, 0.6) is 0 Å². The first-order chi connectivity index (χ1) is 8.08. The van der Waals surface area contributed by atoms with Crippen LogP contribution >= 0.6 is 0 Å². The molecule has 1 rings (SSSR count). The molecule has 0 heterocycles. The minimum absolute atomic E-state index is 0.547. The molecular formula is C15H26N2. The van der Waals surface area contributed by atoms with E-state index in [9.17, 15) is 0 Å². The lowest BCUT2D eigenvalue weighted by Gasteiger charge is -2.29. The first-order valence-electron chi connectivity index (χ1n) is 6.53. The predicted octanol–water partition coefficient (Wildman–Crippen LogP) is 3.07.